The lowest BCUT2D eigenvalue weighted by Crippen LogP contribution is -1.89. The Morgan fingerprint density at radius 1 is 0.889 bits per heavy atom. The molecule has 1 aromatic carbocycles. The van der Waals surface area contributed by atoms with Crippen LogP contribution < -0.4 is 10.6 Å². The second-order valence-electron chi connectivity index (χ2n) is 3.47. The van der Waals surface area contributed by atoms with Crippen molar-refractivity contribution in [2.75, 3.05) is 5.32 Å². The minimum Gasteiger partial charge on any atom is -0.366 e. The topological polar surface area (TPSA) is 48.8 Å². The van der Waals surface area contributed by atoms with Gasteiger partial charge in [0.25, 0.3) is 0 Å². The Balaban J connectivity index is 0.000000149. The average Bonchev–Trinajstić information content (AvgIpc) is 2.84. The van der Waals surface area contributed by atoms with Gasteiger partial charge in [-0.2, -0.15) is 0 Å². The van der Waals surface area contributed by atoms with Crippen LogP contribution in [0.4, 0.5) is 5.69 Å². The zero-order valence-electron chi connectivity index (χ0n) is 9.82. The number of aliphatic imine (C=N–C) groups is 2. The molecule has 4 nitrogen and oxygen atoms in total. The Kier molecular flexibility index (Phi) is 4.51. The van der Waals surface area contributed by atoms with Crippen molar-refractivity contribution in [3.63, 3.8) is 0 Å². The Labute approximate surface area is 106 Å². The number of nitrogens with zero attached hydrogens (tertiary/aromatic N) is 2. The molecule has 2 N–H and O–H groups in total. The molecule has 4 heteroatoms. The van der Waals surface area contributed by atoms with Crippen LogP contribution in [-0.2, 0) is 0 Å². The third kappa shape index (κ3) is 3.75. The number of hydrogen-bond acceptors (Lipinski definition) is 4. The molecule has 90 valence electrons. The van der Waals surface area contributed by atoms with Crippen LogP contribution in [0.3, 0.4) is 0 Å². The SMILES string of the molecule is C1=CNC=CN=C1.C1=CNc2ccccc2C=N1. The molecule has 0 atom stereocenters. The van der Waals surface area contributed by atoms with E-state index in [0.29, 0.717) is 0 Å². The van der Waals surface area contributed by atoms with Gasteiger partial charge in [0.05, 0.1) is 0 Å². The fraction of sp³-hybridized carbons (Fsp3) is 0. The van der Waals surface area contributed by atoms with Crippen LogP contribution in [0, 0.1) is 0 Å². The molecule has 2 heterocycles. The number of para-hydroxylation sites is 1. The largest absolute Gasteiger partial charge is 0.366 e. The molecule has 0 aliphatic carbocycles. The number of fused-ring (bicyclic) bond motifs is 1. The first kappa shape index (κ1) is 11.9. The number of nitrogens with one attached hydrogen (secondary N) is 2. The second-order valence-corrected chi connectivity index (χ2v) is 3.47. The smallest absolute Gasteiger partial charge is 0.0469 e. The Morgan fingerprint density at radius 2 is 1.78 bits per heavy atom. The lowest BCUT2D eigenvalue weighted by atomic mass is 10.2. The second kappa shape index (κ2) is 6.85. The molecule has 0 saturated carbocycles. The van der Waals surface area contributed by atoms with Crippen LogP contribution in [0.1, 0.15) is 5.56 Å². The van der Waals surface area contributed by atoms with E-state index in [-0.39, 0.29) is 0 Å². The predicted molar refractivity (Wildman–Crippen MR) is 76.7 cm³/mol. The maximum absolute atomic E-state index is 4.04. The van der Waals surface area contributed by atoms with Gasteiger partial charge in [-0.15, -0.1) is 0 Å². The van der Waals surface area contributed by atoms with Gasteiger partial charge in [0.1, 0.15) is 0 Å². The Hall–Kier alpha value is -2.62. The van der Waals surface area contributed by atoms with Crippen LogP contribution >= 0.6 is 0 Å². The quantitative estimate of drug-likeness (QED) is 0.730. The minimum absolute atomic E-state index is 1.10. The number of benzene rings is 1. The highest BCUT2D eigenvalue weighted by Gasteiger charge is 1.96. The third-order valence-corrected chi connectivity index (χ3v) is 2.20. The van der Waals surface area contributed by atoms with Crippen LogP contribution in [0.2, 0.25) is 0 Å². The minimum atomic E-state index is 1.10. The first-order valence-electron chi connectivity index (χ1n) is 5.60. The standard InChI is InChI=1S/C9H8N2.C5H6N2/c1-2-4-9-8(3-1)7-10-5-6-11-9;1-2-6-4-5-7-3-1/h1-7,11H;1-6H. The first-order chi connectivity index (χ1) is 8.97. The zero-order chi connectivity index (χ0) is 12.5. The van der Waals surface area contributed by atoms with E-state index in [2.05, 4.69) is 20.6 Å². The summed E-state index contributed by atoms with van der Waals surface area (Å²) in [6, 6.07) is 8.05. The van der Waals surface area contributed by atoms with Gasteiger partial charge in [0.2, 0.25) is 0 Å². The van der Waals surface area contributed by atoms with Crippen molar-refractivity contribution < 1.29 is 0 Å². The normalized spacial score (nSPS) is 14.4. The van der Waals surface area contributed by atoms with Crippen molar-refractivity contribution >= 4 is 18.1 Å². The van der Waals surface area contributed by atoms with Crippen molar-refractivity contribution in [3.8, 4) is 0 Å². The van der Waals surface area contributed by atoms with Crippen molar-refractivity contribution in [1.82, 2.24) is 5.32 Å². The summed E-state index contributed by atoms with van der Waals surface area (Å²) >= 11 is 0. The van der Waals surface area contributed by atoms with Gasteiger partial charge in [0, 0.05) is 54.7 Å². The summed E-state index contributed by atoms with van der Waals surface area (Å²) in [5.74, 6) is 0. The van der Waals surface area contributed by atoms with E-state index in [4.69, 9.17) is 0 Å². The molecule has 0 fully saturated rings. The van der Waals surface area contributed by atoms with E-state index < -0.39 is 0 Å². The summed E-state index contributed by atoms with van der Waals surface area (Å²) in [6.07, 6.45) is 14.2. The van der Waals surface area contributed by atoms with Gasteiger partial charge in [-0.1, -0.05) is 18.2 Å². The molecule has 0 unspecified atom stereocenters. The van der Waals surface area contributed by atoms with Gasteiger partial charge in [-0.3, -0.25) is 9.98 Å². The molecule has 2 aliphatic heterocycles. The first-order valence-corrected chi connectivity index (χ1v) is 5.60. The Bertz CT molecular complexity index is 510. The average molecular weight is 238 g/mol. The molecular formula is C14H14N4. The zero-order valence-corrected chi connectivity index (χ0v) is 9.82. The van der Waals surface area contributed by atoms with E-state index in [0.717, 1.165) is 11.3 Å². The van der Waals surface area contributed by atoms with Crippen LogP contribution in [-0.4, -0.2) is 12.4 Å². The monoisotopic (exact) mass is 238 g/mol. The molecule has 18 heavy (non-hydrogen) atoms. The van der Waals surface area contributed by atoms with Gasteiger partial charge < -0.3 is 10.6 Å². The fourth-order valence-electron chi connectivity index (χ4n) is 1.37. The molecule has 3 rings (SSSR count). The van der Waals surface area contributed by atoms with E-state index in [1.54, 1.807) is 24.8 Å². The van der Waals surface area contributed by atoms with Gasteiger partial charge in [-0.05, 0) is 12.1 Å². The van der Waals surface area contributed by atoms with E-state index in [1.807, 2.05) is 49.0 Å². The summed E-state index contributed by atoms with van der Waals surface area (Å²) in [4.78, 5) is 7.86. The van der Waals surface area contributed by atoms with Crippen molar-refractivity contribution in [1.29, 1.82) is 0 Å². The molecular weight excluding hydrogens is 224 g/mol. The number of allylic oxidation sites excluding steroid dienone is 1. The highest BCUT2D eigenvalue weighted by atomic mass is 14.9. The molecule has 1 aromatic rings. The van der Waals surface area contributed by atoms with Crippen molar-refractivity contribution in [2.45, 2.75) is 0 Å². The molecule has 2 aliphatic rings. The summed E-state index contributed by atoms with van der Waals surface area (Å²) in [7, 11) is 0. The van der Waals surface area contributed by atoms with Crippen LogP contribution in [0.15, 0.2) is 71.3 Å². The third-order valence-electron chi connectivity index (χ3n) is 2.20. The highest BCUT2D eigenvalue weighted by Crippen LogP contribution is 2.13. The molecule has 0 bridgehead atoms. The predicted octanol–water partition coefficient (Wildman–Crippen LogP) is 2.65. The number of rotatable bonds is 0. The number of anilines is 1. The summed E-state index contributed by atoms with van der Waals surface area (Å²) in [5.41, 5.74) is 2.22. The maximum atomic E-state index is 4.04. The molecule has 0 amide bonds. The van der Waals surface area contributed by atoms with Gasteiger partial charge in [-0.25, -0.2) is 0 Å². The van der Waals surface area contributed by atoms with Crippen LogP contribution in [0.25, 0.3) is 0 Å². The highest BCUT2D eigenvalue weighted by molar-refractivity contribution is 5.88. The van der Waals surface area contributed by atoms with E-state index >= 15 is 0 Å². The molecule has 0 spiro atoms. The summed E-state index contributed by atoms with van der Waals surface area (Å²) < 4.78 is 0. The number of hydrogen-bond donors (Lipinski definition) is 2. The summed E-state index contributed by atoms with van der Waals surface area (Å²) in [5, 5.41) is 5.98. The van der Waals surface area contributed by atoms with Crippen molar-refractivity contribution in [2.24, 2.45) is 9.98 Å². The van der Waals surface area contributed by atoms with E-state index in [1.165, 1.54) is 0 Å². The molecule has 0 radical (unpaired) electrons. The van der Waals surface area contributed by atoms with E-state index in [9.17, 15) is 0 Å². The van der Waals surface area contributed by atoms with Gasteiger partial charge >= 0.3 is 0 Å². The summed E-state index contributed by atoms with van der Waals surface area (Å²) in [6.45, 7) is 0. The fourth-order valence-corrected chi connectivity index (χ4v) is 1.37. The van der Waals surface area contributed by atoms with Gasteiger partial charge in [0.15, 0.2) is 0 Å². The lowest BCUT2D eigenvalue weighted by Gasteiger charge is -2.01. The maximum Gasteiger partial charge on any atom is 0.0469 e. The molecule has 0 saturated heterocycles. The Morgan fingerprint density at radius 3 is 2.78 bits per heavy atom. The lowest BCUT2D eigenvalue weighted by molar-refractivity contribution is 1.19. The van der Waals surface area contributed by atoms with Crippen molar-refractivity contribution in [3.05, 3.63) is 66.9 Å². The van der Waals surface area contributed by atoms with Crippen LogP contribution in [0.5, 0.6) is 0 Å². The molecule has 0 aromatic heterocycles.